The molecule has 1 saturated carbocycles. The topological polar surface area (TPSA) is 76.0 Å². The molecule has 1 rings (SSSR count). The van der Waals surface area contributed by atoms with E-state index in [0.717, 1.165) is 51.4 Å². The minimum absolute atomic E-state index is 0.0545. The molecule has 5 nitrogen and oxygen atoms in total. The van der Waals surface area contributed by atoms with Gasteiger partial charge in [0.15, 0.2) is 0 Å². The van der Waals surface area contributed by atoms with Crippen molar-refractivity contribution in [2.75, 3.05) is 13.7 Å². The Kier molecular flexibility index (Phi) is 14.0. The van der Waals surface area contributed by atoms with Crippen molar-refractivity contribution in [3.05, 3.63) is 24.3 Å². The molecule has 1 aliphatic carbocycles. The largest absolute Gasteiger partial charge is 0.463 e. The van der Waals surface area contributed by atoms with E-state index in [1.54, 1.807) is 7.11 Å². The molecule has 0 saturated heterocycles. The number of hydrogen-bond donors (Lipinski definition) is 2. The number of allylic oxidation sites excluding steroid dienone is 3. The maximum absolute atomic E-state index is 11.5. The van der Waals surface area contributed by atoms with Crippen LogP contribution in [0.3, 0.4) is 0 Å². The number of methoxy groups -OCH3 is 1. The van der Waals surface area contributed by atoms with Crippen molar-refractivity contribution >= 4 is 5.97 Å². The van der Waals surface area contributed by atoms with Crippen LogP contribution in [0, 0.1) is 11.8 Å². The maximum Gasteiger partial charge on any atom is 0.306 e. The Hall–Kier alpha value is -1.17. The van der Waals surface area contributed by atoms with Crippen LogP contribution in [0.1, 0.15) is 78.1 Å². The van der Waals surface area contributed by atoms with Gasteiger partial charge in [-0.25, -0.2) is 0 Å². The number of unbranched alkanes of at least 4 members (excludes halogenated alkanes) is 5. The first-order chi connectivity index (χ1) is 14.0. The Bertz CT molecular complexity index is 486. The monoisotopic (exact) mass is 410 g/mol. The normalized spacial score (nSPS) is 24.9. The summed E-state index contributed by atoms with van der Waals surface area (Å²) in [4.78, 5) is 11.5. The van der Waals surface area contributed by atoms with Gasteiger partial charge < -0.3 is 19.7 Å². The van der Waals surface area contributed by atoms with Crippen LogP contribution in [0.5, 0.6) is 0 Å². The molecule has 168 valence electrons. The van der Waals surface area contributed by atoms with Crippen LogP contribution in [0.15, 0.2) is 24.3 Å². The molecular weight excluding hydrogens is 368 g/mol. The molecule has 0 aromatic carbocycles. The van der Waals surface area contributed by atoms with Gasteiger partial charge in [0.25, 0.3) is 0 Å². The average molecular weight is 411 g/mol. The van der Waals surface area contributed by atoms with Crippen molar-refractivity contribution in [2.45, 2.75) is 96.4 Å². The van der Waals surface area contributed by atoms with Crippen LogP contribution >= 0.6 is 0 Å². The van der Waals surface area contributed by atoms with Crippen molar-refractivity contribution in [3.8, 4) is 0 Å². The number of aliphatic hydroxyl groups is 2. The molecule has 4 atom stereocenters. The van der Waals surface area contributed by atoms with Crippen molar-refractivity contribution in [1.29, 1.82) is 0 Å². The Morgan fingerprint density at radius 1 is 1.07 bits per heavy atom. The van der Waals surface area contributed by atoms with Gasteiger partial charge in [0.05, 0.1) is 18.3 Å². The molecule has 1 unspecified atom stereocenters. The quantitative estimate of drug-likeness (QED) is 0.235. The molecule has 0 aliphatic heterocycles. The summed E-state index contributed by atoms with van der Waals surface area (Å²) < 4.78 is 10.8. The third-order valence-electron chi connectivity index (χ3n) is 5.53. The second-order valence-electron chi connectivity index (χ2n) is 8.31. The summed E-state index contributed by atoms with van der Waals surface area (Å²) >= 11 is 0. The Balaban J connectivity index is 2.38. The van der Waals surface area contributed by atoms with E-state index in [2.05, 4.69) is 24.3 Å². The number of carbonyl (C=O) groups is 1. The van der Waals surface area contributed by atoms with Gasteiger partial charge in [0.1, 0.15) is 0 Å². The van der Waals surface area contributed by atoms with Gasteiger partial charge >= 0.3 is 5.97 Å². The Morgan fingerprint density at radius 2 is 1.79 bits per heavy atom. The van der Waals surface area contributed by atoms with E-state index in [1.807, 2.05) is 13.8 Å². The fraction of sp³-hybridized carbons (Fsp3) is 0.792. The van der Waals surface area contributed by atoms with Crippen molar-refractivity contribution in [2.24, 2.45) is 11.8 Å². The number of hydrogen-bond acceptors (Lipinski definition) is 5. The van der Waals surface area contributed by atoms with E-state index >= 15 is 0 Å². The summed E-state index contributed by atoms with van der Waals surface area (Å²) in [5, 5.41) is 19.3. The highest BCUT2D eigenvalue weighted by Crippen LogP contribution is 2.38. The summed E-state index contributed by atoms with van der Waals surface area (Å²) in [6, 6.07) is 0. The predicted molar refractivity (Wildman–Crippen MR) is 117 cm³/mol. The van der Waals surface area contributed by atoms with Gasteiger partial charge in [-0.3, -0.25) is 4.79 Å². The van der Waals surface area contributed by atoms with Gasteiger partial charge in [-0.15, -0.1) is 0 Å². The first kappa shape index (κ1) is 25.9. The van der Waals surface area contributed by atoms with E-state index in [-0.39, 0.29) is 42.7 Å². The van der Waals surface area contributed by atoms with Crippen LogP contribution in [0.4, 0.5) is 0 Å². The van der Waals surface area contributed by atoms with E-state index in [9.17, 15) is 9.90 Å². The van der Waals surface area contributed by atoms with Crippen LogP contribution in [0.2, 0.25) is 0 Å². The maximum atomic E-state index is 11.5. The van der Waals surface area contributed by atoms with E-state index in [0.29, 0.717) is 12.8 Å². The zero-order valence-electron chi connectivity index (χ0n) is 18.6. The highest BCUT2D eigenvalue weighted by atomic mass is 16.5. The lowest BCUT2D eigenvalue weighted by molar-refractivity contribution is -0.147. The van der Waals surface area contributed by atoms with Crippen molar-refractivity contribution in [3.63, 3.8) is 0 Å². The van der Waals surface area contributed by atoms with Crippen molar-refractivity contribution in [1.82, 2.24) is 0 Å². The number of rotatable bonds is 15. The SMILES string of the molecule is CO[C@@H]1C[C@H](O)C(CC=CCCCC(=O)OC(C)C)[C@H]1C=CCCCCCCO. The second kappa shape index (κ2) is 15.6. The van der Waals surface area contributed by atoms with Crippen LogP contribution < -0.4 is 0 Å². The fourth-order valence-corrected chi connectivity index (χ4v) is 3.97. The summed E-state index contributed by atoms with van der Waals surface area (Å²) in [6.07, 6.45) is 17.2. The first-order valence-electron chi connectivity index (χ1n) is 11.3. The van der Waals surface area contributed by atoms with Gasteiger partial charge in [-0.1, -0.05) is 37.1 Å². The van der Waals surface area contributed by atoms with Crippen LogP contribution in [0.25, 0.3) is 0 Å². The first-order valence-corrected chi connectivity index (χ1v) is 11.3. The third kappa shape index (κ3) is 11.0. The van der Waals surface area contributed by atoms with Gasteiger partial charge in [-0.05, 0) is 58.3 Å². The lowest BCUT2D eigenvalue weighted by Crippen LogP contribution is -2.21. The molecule has 0 aromatic heterocycles. The third-order valence-corrected chi connectivity index (χ3v) is 5.53. The standard InChI is InChI=1S/C24H42O5/c1-19(2)29-24(27)16-12-8-7-10-14-20-21(23(28-3)18-22(20)26)15-11-6-4-5-9-13-17-25/h7,10-11,15,19-23,25-26H,4-6,8-9,12-14,16-18H2,1-3H3/t20?,21-,22+,23-/m1/s1. The molecule has 1 aliphatic rings. The van der Waals surface area contributed by atoms with E-state index < -0.39 is 0 Å². The Morgan fingerprint density at radius 3 is 2.48 bits per heavy atom. The number of carbonyl (C=O) groups excluding carboxylic acids is 1. The molecule has 0 bridgehead atoms. The van der Waals surface area contributed by atoms with Crippen LogP contribution in [-0.2, 0) is 14.3 Å². The average Bonchev–Trinajstić information content (AvgIpc) is 2.98. The minimum Gasteiger partial charge on any atom is -0.463 e. The number of aliphatic hydroxyl groups excluding tert-OH is 2. The zero-order valence-corrected chi connectivity index (χ0v) is 18.6. The lowest BCUT2D eigenvalue weighted by atomic mass is 9.89. The number of esters is 1. The predicted octanol–water partition coefficient (Wildman–Crippen LogP) is 4.57. The fourth-order valence-electron chi connectivity index (χ4n) is 3.97. The molecule has 0 spiro atoms. The molecule has 2 N–H and O–H groups in total. The van der Waals surface area contributed by atoms with Crippen LogP contribution in [-0.4, -0.2) is 48.2 Å². The summed E-state index contributed by atoms with van der Waals surface area (Å²) in [5.41, 5.74) is 0. The van der Waals surface area contributed by atoms with E-state index in [4.69, 9.17) is 14.6 Å². The summed E-state index contributed by atoms with van der Waals surface area (Å²) in [5.74, 6) is 0.273. The molecule has 0 radical (unpaired) electrons. The smallest absolute Gasteiger partial charge is 0.306 e. The Labute approximate surface area is 177 Å². The number of ether oxygens (including phenoxy) is 2. The molecule has 1 fully saturated rings. The molecule has 0 aromatic rings. The van der Waals surface area contributed by atoms with Crippen molar-refractivity contribution < 1.29 is 24.5 Å². The highest BCUT2D eigenvalue weighted by Gasteiger charge is 2.40. The van der Waals surface area contributed by atoms with Gasteiger partial charge in [0.2, 0.25) is 0 Å². The summed E-state index contributed by atoms with van der Waals surface area (Å²) in [6.45, 7) is 4.00. The highest BCUT2D eigenvalue weighted by molar-refractivity contribution is 5.69. The minimum atomic E-state index is -0.343. The molecule has 5 heteroatoms. The molecular formula is C24H42O5. The second-order valence-corrected chi connectivity index (χ2v) is 8.31. The zero-order chi connectivity index (χ0) is 21.5. The lowest BCUT2D eigenvalue weighted by Gasteiger charge is -2.20. The summed E-state index contributed by atoms with van der Waals surface area (Å²) in [7, 11) is 1.72. The van der Waals surface area contributed by atoms with Gasteiger partial charge in [0, 0.05) is 32.5 Å². The van der Waals surface area contributed by atoms with E-state index in [1.165, 1.54) is 0 Å². The van der Waals surface area contributed by atoms with Gasteiger partial charge in [-0.2, -0.15) is 0 Å². The molecule has 29 heavy (non-hydrogen) atoms. The molecule has 0 heterocycles. The molecule has 0 amide bonds.